The van der Waals surface area contributed by atoms with Crippen LogP contribution in [0.25, 0.3) is 0 Å². The highest BCUT2D eigenvalue weighted by molar-refractivity contribution is 5.29. The minimum atomic E-state index is 0.395. The normalized spacial score (nSPS) is 19.5. The van der Waals surface area contributed by atoms with Crippen LogP contribution in [0.15, 0.2) is 30.3 Å². The molecule has 1 heteroatoms. The van der Waals surface area contributed by atoms with Gasteiger partial charge >= 0.3 is 0 Å². The predicted octanol–water partition coefficient (Wildman–Crippen LogP) is 4.67. The molecule has 1 aromatic carbocycles. The molecule has 0 saturated heterocycles. The second kappa shape index (κ2) is 7.09. The molecule has 1 aliphatic rings. The van der Waals surface area contributed by atoms with Crippen molar-refractivity contribution >= 4 is 0 Å². The number of hydrogen-bond donors (Lipinski definition) is 1. The van der Waals surface area contributed by atoms with Crippen molar-refractivity contribution in [2.75, 3.05) is 6.54 Å². The monoisotopic (exact) mass is 259 g/mol. The highest BCUT2D eigenvalue weighted by Crippen LogP contribution is 2.45. The number of hydrogen-bond acceptors (Lipinski definition) is 1. The van der Waals surface area contributed by atoms with E-state index in [2.05, 4.69) is 49.5 Å². The predicted molar refractivity (Wildman–Crippen MR) is 83.6 cm³/mol. The summed E-state index contributed by atoms with van der Waals surface area (Å²) in [7, 11) is 0. The Hall–Kier alpha value is -0.820. The van der Waals surface area contributed by atoms with Crippen LogP contribution in [-0.4, -0.2) is 12.6 Å². The van der Waals surface area contributed by atoms with Gasteiger partial charge in [0.25, 0.3) is 0 Å². The first-order chi connectivity index (χ1) is 9.33. The fourth-order valence-corrected chi connectivity index (χ4v) is 3.80. The third kappa shape index (κ3) is 3.20. The van der Waals surface area contributed by atoms with E-state index in [4.69, 9.17) is 0 Å². The van der Waals surface area contributed by atoms with Crippen LogP contribution >= 0.6 is 0 Å². The number of benzene rings is 1. The van der Waals surface area contributed by atoms with E-state index in [9.17, 15) is 0 Å². The zero-order valence-electron chi connectivity index (χ0n) is 12.6. The summed E-state index contributed by atoms with van der Waals surface area (Å²) in [5.74, 6) is 0. The average Bonchev–Trinajstić information content (AvgIpc) is 2.95. The molecule has 0 radical (unpaired) electrons. The molecule has 19 heavy (non-hydrogen) atoms. The summed E-state index contributed by atoms with van der Waals surface area (Å²) in [4.78, 5) is 0. The molecule has 1 aliphatic carbocycles. The zero-order chi connectivity index (χ0) is 13.6. The van der Waals surface area contributed by atoms with Gasteiger partial charge in [0.1, 0.15) is 0 Å². The lowest BCUT2D eigenvalue weighted by molar-refractivity contribution is 0.279. The summed E-state index contributed by atoms with van der Waals surface area (Å²) in [6.45, 7) is 5.73. The quantitative estimate of drug-likeness (QED) is 0.750. The van der Waals surface area contributed by atoms with E-state index < -0.39 is 0 Å². The van der Waals surface area contributed by atoms with E-state index in [1.54, 1.807) is 5.56 Å². The molecule has 106 valence electrons. The zero-order valence-corrected chi connectivity index (χ0v) is 12.6. The van der Waals surface area contributed by atoms with E-state index >= 15 is 0 Å². The van der Waals surface area contributed by atoms with Crippen LogP contribution in [0.5, 0.6) is 0 Å². The largest absolute Gasteiger partial charge is 0.313 e. The van der Waals surface area contributed by atoms with E-state index in [0.717, 1.165) is 6.54 Å². The molecule has 0 heterocycles. The molecule has 1 unspecified atom stereocenters. The van der Waals surface area contributed by atoms with Gasteiger partial charge in [0.05, 0.1) is 0 Å². The summed E-state index contributed by atoms with van der Waals surface area (Å²) < 4.78 is 0. The fourth-order valence-electron chi connectivity index (χ4n) is 3.80. The Morgan fingerprint density at radius 3 is 2.32 bits per heavy atom. The molecule has 1 fully saturated rings. The van der Waals surface area contributed by atoms with Gasteiger partial charge in [0, 0.05) is 11.5 Å². The molecule has 1 atom stereocenters. The molecule has 1 nitrogen and oxygen atoms in total. The summed E-state index contributed by atoms with van der Waals surface area (Å²) in [5, 5.41) is 3.85. The fraction of sp³-hybridized carbons (Fsp3) is 0.667. The third-order valence-electron chi connectivity index (χ3n) is 4.73. The van der Waals surface area contributed by atoms with Gasteiger partial charge in [0.15, 0.2) is 0 Å². The number of rotatable bonds is 7. The smallest absolute Gasteiger partial charge is 0.0164 e. The van der Waals surface area contributed by atoms with Crippen LogP contribution in [0, 0.1) is 0 Å². The Labute approximate surface area is 118 Å². The lowest BCUT2D eigenvalue weighted by Gasteiger charge is -2.39. The van der Waals surface area contributed by atoms with Crippen LogP contribution < -0.4 is 5.32 Å². The Balaban J connectivity index is 2.25. The van der Waals surface area contributed by atoms with Crippen LogP contribution in [0.3, 0.4) is 0 Å². The van der Waals surface area contributed by atoms with Crippen molar-refractivity contribution in [3.05, 3.63) is 35.9 Å². The molecular weight excluding hydrogens is 230 g/mol. The average molecular weight is 259 g/mol. The molecule has 0 amide bonds. The minimum absolute atomic E-state index is 0.395. The van der Waals surface area contributed by atoms with Crippen LogP contribution in [0.2, 0.25) is 0 Å². The van der Waals surface area contributed by atoms with Crippen molar-refractivity contribution < 1.29 is 0 Å². The molecule has 0 aliphatic heterocycles. The Bertz CT molecular complexity index is 351. The van der Waals surface area contributed by atoms with Gasteiger partial charge in [-0.05, 0) is 37.8 Å². The first-order valence-electron chi connectivity index (χ1n) is 8.12. The second-order valence-corrected chi connectivity index (χ2v) is 6.02. The van der Waals surface area contributed by atoms with Gasteiger partial charge in [-0.25, -0.2) is 0 Å². The van der Waals surface area contributed by atoms with E-state index in [0.29, 0.717) is 11.5 Å². The lowest BCUT2D eigenvalue weighted by atomic mass is 9.71. The van der Waals surface area contributed by atoms with Gasteiger partial charge in [-0.3, -0.25) is 0 Å². The maximum atomic E-state index is 3.85. The summed E-state index contributed by atoms with van der Waals surface area (Å²) in [5.41, 5.74) is 1.96. The van der Waals surface area contributed by atoms with Gasteiger partial charge in [-0.2, -0.15) is 0 Å². The van der Waals surface area contributed by atoms with Gasteiger partial charge in [-0.1, -0.05) is 63.4 Å². The Kier molecular flexibility index (Phi) is 5.45. The highest BCUT2D eigenvalue weighted by Gasteiger charge is 2.41. The van der Waals surface area contributed by atoms with Crippen molar-refractivity contribution in [3.63, 3.8) is 0 Å². The molecule has 2 rings (SSSR count). The summed E-state index contributed by atoms with van der Waals surface area (Å²) in [6, 6.07) is 11.9. The molecule has 1 N–H and O–H groups in total. The van der Waals surface area contributed by atoms with E-state index in [1.807, 2.05) is 0 Å². The molecular formula is C18H29N. The van der Waals surface area contributed by atoms with Gasteiger partial charge in [0.2, 0.25) is 0 Å². The SMILES string of the molecule is CCCNC(CCC)C1(c2ccccc2)CCCC1. The van der Waals surface area contributed by atoms with E-state index in [-0.39, 0.29) is 0 Å². The van der Waals surface area contributed by atoms with Gasteiger partial charge < -0.3 is 5.32 Å². The summed E-state index contributed by atoms with van der Waals surface area (Å²) in [6.07, 6.45) is 9.30. The molecule has 0 spiro atoms. The first kappa shape index (κ1) is 14.6. The van der Waals surface area contributed by atoms with Crippen molar-refractivity contribution in [1.82, 2.24) is 5.32 Å². The Morgan fingerprint density at radius 1 is 1.05 bits per heavy atom. The first-order valence-corrected chi connectivity index (χ1v) is 8.12. The third-order valence-corrected chi connectivity index (χ3v) is 4.73. The second-order valence-electron chi connectivity index (χ2n) is 6.02. The van der Waals surface area contributed by atoms with Crippen molar-refractivity contribution in [2.45, 2.75) is 70.3 Å². The Morgan fingerprint density at radius 2 is 1.74 bits per heavy atom. The maximum absolute atomic E-state index is 3.85. The lowest BCUT2D eigenvalue weighted by Crippen LogP contribution is -2.47. The highest BCUT2D eigenvalue weighted by atomic mass is 14.9. The van der Waals surface area contributed by atoms with Crippen molar-refractivity contribution in [1.29, 1.82) is 0 Å². The standard InChI is InChI=1S/C18H29N/c1-3-10-17(19-15-4-2)18(13-8-9-14-18)16-11-6-5-7-12-16/h5-7,11-12,17,19H,3-4,8-10,13-15H2,1-2H3. The molecule has 0 bridgehead atoms. The topological polar surface area (TPSA) is 12.0 Å². The van der Waals surface area contributed by atoms with Gasteiger partial charge in [-0.15, -0.1) is 0 Å². The van der Waals surface area contributed by atoms with Crippen molar-refractivity contribution in [3.8, 4) is 0 Å². The number of nitrogens with one attached hydrogen (secondary N) is 1. The maximum Gasteiger partial charge on any atom is 0.0164 e. The van der Waals surface area contributed by atoms with E-state index in [1.165, 1.54) is 44.9 Å². The van der Waals surface area contributed by atoms with Crippen LogP contribution in [-0.2, 0) is 5.41 Å². The molecule has 1 saturated carbocycles. The minimum Gasteiger partial charge on any atom is -0.313 e. The van der Waals surface area contributed by atoms with Crippen molar-refractivity contribution in [2.24, 2.45) is 0 Å². The van der Waals surface area contributed by atoms with Crippen LogP contribution in [0.4, 0.5) is 0 Å². The summed E-state index contributed by atoms with van der Waals surface area (Å²) >= 11 is 0. The molecule has 1 aromatic rings. The van der Waals surface area contributed by atoms with Crippen LogP contribution in [0.1, 0.15) is 64.4 Å². The molecule has 0 aromatic heterocycles.